The van der Waals surface area contributed by atoms with E-state index < -0.39 is 0 Å². The summed E-state index contributed by atoms with van der Waals surface area (Å²) in [7, 11) is 1.70. The molecule has 0 aliphatic heterocycles. The molecule has 0 aromatic rings. The molecule has 0 saturated carbocycles. The van der Waals surface area contributed by atoms with E-state index in [0.717, 1.165) is 0 Å². The zero-order chi connectivity index (χ0) is 5.86. The first kappa shape index (κ1) is 7.00. The van der Waals surface area contributed by atoms with E-state index in [4.69, 9.17) is 5.73 Å². The number of hydrogen-bond donors (Lipinski definition) is 1. The Balaban J connectivity index is 3.34. The molecule has 44 valence electrons. The van der Waals surface area contributed by atoms with E-state index in [-0.39, 0.29) is 27.5 Å². The van der Waals surface area contributed by atoms with Gasteiger partial charge in [-0.25, -0.2) is 0 Å². The molecular formula is C3H8IN2O-. The first-order valence-electron chi connectivity index (χ1n) is 1.71. The molecular weight excluding hydrogens is 207 g/mol. The van der Waals surface area contributed by atoms with E-state index in [1.54, 1.807) is 10.2 Å². The number of carbonyl (C=O) groups is 1. The van der Waals surface area contributed by atoms with Crippen LogP contribution >= 0.6 is 0 Å². The Morgan fingerprint density at radius 3 is 2.29 bits per heavy atom. The Hall–Kier alpha value is 0. The normalized spacial score (nSPS) is 8.86. The van der Waals surface area contributed by atoms with Crippen molar-refractivity contribution in [2.75, 3.05) is 12.0 Å². The van der Waals surface area contributed by atoms with Crippen molar-refractivity contribution < 1.29 is 26.3 Å². The van der Waals surface area contributed by atoms with Gasteiger partial charge in [0.05, 0.1) is 0 Å². The van der Waals surface area contributed by atoms with Crippen molar-refractivity contribution in [3.8, 4) is 0 Å². The molecule has 7 heavy (non-hydrogen) atoms. The summed E-state index contributed by atoms with van der Waals surface area (Å²) in [5.74, 6) is 0. The van der Waals surface area contributed by atoms with Crippen molar-refractivity contribution in [1.29, 1.82) is 0 Å². The van der Waals surface area contributed by atoms with Crippen LogP contribution in [0.5, 0.6) is 0 Å². The number of halogens is 1. The number of hydrogen-bond acceptors (Lipinski definition) is 1. The first-order chi connectivity index (χ1) is 3.18. The van der Waals surface area contributed by atoms with Gasteiger partial charge in [0, 0.05) is 0 Å². The molecule has 4 heteroatoms. The summed E-state index contributed by atoms with van der Waals surface area (Å²) in [6.07, 6.45) is 0. The predicted octanol–water partition coefficient (Wildman–Crippen LogP) is -3.37. The van der Waals surface area contributed by atoms with Crippen molar-refractivity contribution >= 4 is 6.03 Å². The van der Waals surface area contributed by atoms with Gasteiger partial charge < -0.3 is 0 Å². The SMILES string of the molecule is C[I-]N(C)C(N)=O. The van der Waals surface area contributed by atoms with Gasteiger partial charge in [-0.3, -0.25) is 0 Å². The Bertz CT molecular complexity index is 75.3. The summed E-state index contributed by atoms with van der Waals surface area (Å²) in [6.45, 7) is 0. The average molecular weight is 215 g/mol. The van der Waals surface area contributed by atoms with Gasteiger partial charge in [-0.1, -0.05) is 0 Å². The number of alkyl halides is 1. The minimum absolute atomic E-state index is 0.137. The van der Waals surface area contributed by atoms with Crippen LogP contribution in [0.15, 0.2) is 0 Å². The number of nitrogens with zero attached hydrogens (tertiary/aromatic N) is 1. The molecule has 0 spiro atoms. The van der Waals surface area contributed by atoms with E-state index >= 15 is 0 Å². The standard InChI is InChI=1S/C3H8IN2O/c1-4-6(2)3(5)7/h1-2H3,(H2,5,7)/q-1. The third kappa shape index (κ3) is 2.67. The van der Waals surface area contributed by atoms with Crippen LogP contribution in [0.4, 0.5) is 4.79 Å². The second-order valence-corrected chi connectivity index (χ2v) is 3.40. The van der Waals surface area contributed by atoms with E-state index in [2.05, 4.69) is 0 Å². The van der Waals surface area contributed by atoms with Gasteiger partial charge in [-0.05, 0) is 0 Å². The molecule has 0 fully saturated rings. The molecule has 0 atom stereocenters. The molecule has 3 nitrogen and oxygen atoms in total. The van der Waals surface area contributed by atoms with Gasteiger partial charge in [-0.15, -0.1) is 0 Å². The summed E-state index contributed by atoms with van der Waals surface area (Å²) in [5, 5.41) is 0. The van der Waals surface area contributed by atoms with Gasteiger partial charge in [-0.2, -0.15) is 0 Å². The van der Waals surface area contributed by atoms with E-state index in [0.29, 0.717) is 0 Å². The second-order valence-electron chi connectivity index (χ2n) is 0.984. The van der Waals surface area contributed by atoms with Gasteiger partial charge in [0.15, 0.2) is 0 Å². The fraction of sp³-hybridized carbons (Fsp3) is 0.667. The Morgan fingerprint density at radius 2 is 2.29 bits per heavy atom. The maximum absolute atomic E-state index is 10.1. The number of urea groups is 1. The van der Waals surface area contributed by atoms with Crippen molar-refractivity contribution in [2.24, 2.45) is 5.73 Å². The molecule has 0 saturated heterocycles. The third-order valence-corrected chi connectivity index (χ3v) is 2.48. The molecule has 2 N–H and O–H groups in total. The molecule has 0 aliphatic rings. The van der Waals surface area contributed by atoms with Crippen LogP contribution in [0, 0.1) is 0 Å². The maximum atomic E-state index is 10.1. The fourth-order valence-corrected chi connectivity index (χ4v) is 0.559. The summed E-state index contributed by atoms with van der Waals surface area (Å²) in [4.78, 5) is 12.1. The van der Waals surface area contributed by atoms with Crippen LogP contribution in [0.25, 0.3) is 0 Å². The van der Waals surface area contributed by atoms with Crippen LogP contribution < -0.4 is 27.2 Å². The zero-order valence-corrected chi connectivity index (χ0v) is 6.47. The Morgan fingerprint density at radius 1 is 1.86 bits per heavy atom. The van der Waals surface area contributed by atoms with E-state index in [1.165, 1.54) is 0 Å². The second kappa shape index (κ2) is 3.06. The van der Waals surface area contributed by atoms with Gasteiger partial charge in [0.25, 0.3) is 0 Å². The summed E-state index contributed by atoms with van der Waals surface area (Å²) >= 11 is -0.137. The average Bonchev–Trinajstić information content (AvgIpc) is 1.65. The number of rotatable bonds is 1. The molecule has 0 rings (SSSR count). The quantitative estimate of drug-likeness (QED) is 0.277. The molecule has 2 amide bonds. The third-order valence-electron chi connectivity index (χ3n) is 0.557. The van der Waals surface area contributed by atoms with E-state index in [1.807, 2.05) is 4.93 Å². The minimum atomic E-state index is -0.324. The van der Waals surface area contributed by atoms with Gasteiger partial charge in [0.2, 0.25) is 0 Å². The molecule has 0 radical (unpaired) electrons. The topological polar surface area (TPSA) is 46.3 Å². The van der Waals surface area contributed by atoms with Crippen molar-refractivity contribution in [3.63, 3.8) is 0 Å². The predicted molar refractivity (Wildman–Crippen MR) is 23.3 cm³/mol. The van der Waals surface area contributed by atoms with Crippen molar-refractivity contribution in [2.45, 2.75) is 0 Å². The van der Waals surface area contributed by atoms with Crippen molar-refractivity contribution in [3.05, 3.63) is 0 Å². The number of carbonyl (C=O) groups excluding carboxylic acids is 1. The summed E-state index contributed by atoms with van der Waals surface area (Å²) in [6, 6.07) is -0.324. The van der Waals surface area contributed by atoms with Crippen LogP contribution in [0.2, 0.25) is 0 Å². The van der Waals surface area contributed by atoms with E-state index in [9.17, 15) is 4.79 Å². The molecule has 0 bridgehead atoms. The van der Waals surface area contributed by atoms with Crippen LogP contribution in [-0.2, 0) is 0 Å². The van der Waals surface area contributed by atoms with Gasteiger partial charge in [0.1, 0.15) is 0 Å². The van der Waals surface area contributed by atoms with Crippen LogP contribution in [0.1, 0.15) is 0 Å². The van der Waals surface area contributed by atoms with Crippen LogP contribution in [0.3, 0.4) is 0 Å². The number of nitrogens with two attached hydrogens (primary N) is 1. The number of amides is 2. The molecule has 0 heterocycles. The fourth-order valence-electron chi connectivity index (χ4n) is 0.0833. The molecule has 0 aliphatic carbocycles. The first-order valence-corrected chi connectivity index (χ1v) is 4.83. The molecule has 0 unspecified atom stereocenters. The summed E-state index contributed by atoms with van der Waals surface area (Å²) in [5.41, 5.74) is 4.86. The molecule has 0 aromatic heterocycles. The summed E-state index contributed by atoms with van der Waals surface area (Å²) < 4.78 is 1.54. The van der Waals surface area contributed by atoms with Gasteiger partial charge >= 0.3 is 53.1 Å². The Labute approximate surface area is 53.5 Å². The Kier molecular flexibility index (Phi) is 3.06. The molecule has 0 aromatic carbocycles. The zero-order valence-electron chi connectivity index (χ0n) is 4.31. The monoisotopic (exact) mass is 215 g/mol. The number of primary amides is 1. The van der Waals surface area contributed by atoms with Crippen molar-refractivity contribution in [1.82, 2.24) is 3.11 Å². The van der Waals surface area contributed by atoms with Crippen LogP contribution in [-0.4, -0.2) is 21.1 Å².